The molecule has 1 heterocycles. The molecule has 0 amide bonds. The maximum absolute atomic E-state index is 8.74. The summed E-state index contributed by atoms with van der Waals surface area (Å²) in [6, 6.07) is 2.03. The van der Waals surface area contributed by atoms with E-state index in [-0.39, 0.29) is 16.5 Å². The van der Waals surface area contributed by atoms with Gasteiger partial charge in [-0.1, -0.05) is 0 Å². The van der Waals surface area contributed by atoms with E-state index in [4.69, 9.17) is 28.5 Å². The van der Waals surface area contributed by atoms with E-state index in [9.17, 15) is 0 Å². The summed E-state index contributed by atoms with van der Waals surface area (Å²) in [5.74, 6) is 0.182. The van der Waals surface area contributed by atoms with Crippen molar-refractivity contribution in [1.29, 1.82) is 5.26 Å². The molecule has 74 valence electrons. The molecule has 0 radical (unpaired) electrons. The molecule has 5 nitrogen and oxygen atoms in total. The highest BCUT2D eigenvalue weighted by Crippen LogP contribution is 2.13. The smallest absolute Gasteiger partial charge is 0.229 e. The lowest BCUT2D eigenvalue weighted by atomic mass is 10.1. The molecular weight excluding hydrogens is 225 g/mol. The zero-order chi connectivity index (χ0) is 10.8. The third kappa shape index (κ3) is 2.98. The second kappa shape index (κ2) is 3.95. The van der Waals surface area contributed by atoms with E-state index in [2.05, 4.69) is 20.3 Å². The molecule has 1 aromatic heterocycles. The van der Waals surface area contributed by atoms with E-state index in [1.807, 2.05) is 6.07 Å². The Kier molecular flexibility index (Phi) is 3.09. The first kappa shape index (κ1) is 11.0. The van der Waals surface area contributed by atoms with Crippen LogP contribution >= 0.6 is 23.2 Å². The van der Waals surface area contributed by atoms with Crippen LogP contribution in [0.4, 0.5) is 5.95 Å². The fourth-order valence-corrected chi connectivity index (χ4v) is 1.05. The van der Waals surface area contributed by atoms with E-state index >= 15 is 0 Å². The maximum Gasteiger partial charge on any atom is 0.229 e. The van der Waals surface area contributed by atoms with Crippen molar-refractivity contribution in [2.45, 2.75) is 19.4 Å². The lowest BCUT2D eigenvalue weighted by Crippen LogP contribution is -2.29. The molecule has 7 heteroatoms. The van der Waals surface area contributed by atoms with Gasteiger partial charge in [0.15, 0.2) is 0 Å². The molecule has 14 heavy (non-hydrogen) atoms. The molecule has 1 aromatic rings. The predicted molar refractivity (Wildman–Crippen MR) is 53.2 cm³/mol. The average Bonchev–Trinajstić information content (AvgIpc) is 2.01. The van der Waals surface area contributed by atoms with Gasteiger partial charge in [-0.2, -0.15) is 20.2 Å². The highest BCUT2D eigenvalue weighted by Gasteiger charge is 2.18. The van der Waals surface area contributed by atoms with Crippen molar-refractivity contribution in [3.05, 3.63) is 10.6 Å². The second-order valence-corrected chi connectivity index (χ2v) is 3.74. The van der Waals surface area contributed by atoms with Crippen molar-refractivity contribution in [2.75, 3.05) is 5.32 Å². The average molecular weight is 232 g/mol. The van der Waals surface area contributed by atoms with E-state index < -0.39 is 5.54 Å². The topological polar surface area (TPSA) is 74.5 Å². The Bertz CT molecular complexity index is 364. The van der Waals surface area contributed by atoms with Crippen LogP contribution in [0.25, 0.3) is 0 Å². The van der Waals surface area contributed by atoms with Gasteiger partial charge in [-0.15, -0.1) is 0 Å². The Morgan fingerprint density at radius 1 is 1.21 bits per heavy atom. The molecule has 0 atom stereocenters. The summed E-state index contributed by atoms with van der Waals surface area (Å²) >= 11 is 11.1. The fourth-order valence-electron chi connectivity index (χ4n) is 0.689. The van der Waals surface area contributed by atoms with Crippen molar-refractivity contribution in [1.82, 2.24) is 15.0 Å². The largest absolute Gasteiger partial charge is 0.336 e. The summed E-state index contributed by atoms with van der Waals surface area (Å²) < 4.78 is 0. The molecule has 0 saturated heterocycles. The molecule has 0 spiro atoms. The minimum atomic E-state index is -0.784. The number of nitrogens with one attached hydrogen (secondary N) is 1. The van der Waals surface area contributed by atoms with Crippen LogP contribution < -0.4 is 5.32 Å². The summed E-state index contributed by atoms with van der Waals surface area (Å²) in [5.41, 5.74) is -0.784. The van der Waals surface area contributed by atoms with Gasteiger partial charge in [0.05, 0.1) is 6.07 Å². The first-order valence-corrected chi connectivity index (χ1v) is 4.45. The Balaban J connectivity index is 2.94. The lowest BCUT2D eigenvalue weighted by Gasteiger charge is -2.16. The first-order chi connectivity index (χ1) is 6.43. The van der Waals surface area contributed by atoms with Gasteiger partial charge in [-0.25, -0.2) is 0 Å². The van der Waals surface area contributed by atoms with Gasteiger partial charge >= 0.3 is 0 Å². The van der Waals surface area contributed by atoms with E-state index in [1.165, 1.54) is 0 Å². The van der Waals surface area contributed by atoms with Gasteiger partial charge in [0.2, 0.25) is 16.5 Å². The Morgan fingerprint density at radius 2 is 1.71 bits per heavy atom. The Morgan fingerprint density at radius 3 is 2.14 bits per heavy atom. The van der Waals surface area contributed by atoms with Gasteiger partial charge in [-0.3, -0.25) is 0 Å². The van der Waals surface area contributed by atoms with Crippen LogP contribution in [-0.4, -0.2) is 20.5 Å². The van der Waals surface area contributed by atoms with E-state index in [1.54, 1.807) is 13.8 Å². The summed E-state index contributed by atoms with van der Waals surface area (Å²) in [4.78, 5) is 11.1. The van der Waals surface area contributed by atoms with Crippen LogP contribution in [-0.2, 0) is 0 Å². The highest BCUT2D eigenvalue weighted by molar-refractivity contribution is 6.31. The van der Waals surface area contributed by atoms with Crippen molar-refractivity contribution < 1.29 is 0 Å². The standard InChI is InChI=1S/C7H7Cl2N5/c1-7(2,3-10)14-6-12-4(8)11-5(9)13-6/h1-2H3,(H,11,12,13,14). The van der Waals surface area contributed by atoms with E-state index in [0.717, 1.165) is 0 Å². The molecule has 0 aromatic carbocycles. The van der Waals surface area contributed by atoms with E-state index in [0.29, 0.717) is 0 Å². The normalized spacial score (nSPS) is 10.8. The van der Waals surface area contributed by atoms with Gasteiger partial charge in [0.25, 0.3) is 0 Å². The number of halogens is 2. The predicted octanol–water partition coefficient (Wildman–Crippen LogP) is 1.89. The number of anilines is 1. The molecular formula is C7H7Cl2N5. The highest BCUT2D eigenvalue weighted by atomic mass is 35.5. The number of hydrogen-bond donors (Lipinski definition) is 1. The van der Waals surface area contributed by atoms with Crippen LogP contribution in [0.2, 0.25) is 10.6 Å². The number of hydrogen-bond acceptors (Lipinski definition) is 5. The third-order valence-electron chi connectivity index (χ3n) is 1.28. The Labute approximate surface area is 91.1 Å². The Hall–Kier alpha value is -1.12. The minimum absolute atomic E-state index is 0.0127. The SMILES string of the molecule is CC(C)(C#N)Nc1nc(Cl)nc(Cl)n1. The molecule has 0 saturated carbocycles. The first-order valence-electron chi connectivity index (χ1n) is 3.69. The molecule has 0 aliphatic rings. The molecule has 1 N–H and O–H groups in total. The number of nitriles is 1. The molecule has 0 unspecified atom stereocenters. The van der Waals surface area contributed by atoms with Crippen molar-refractivity contribution in [3.63, 3.8) is 0 Å². The van der Waals surface area contributed by atoms with Gasteiger partial charge in [-0.05, 0) is 37.0 Å². The summed E-state index contributed by atoms with van der Waals surface area (Å²) in [7, 11) is 0. The molecule has 0 bridgehead atoms. The van der Waals surface area contributed by atoms with Gasteiger partial charge in [0, 0.05) is 0 Å². The maximum atomic E-state index is 8.74. The van der Waals surface area contributed by atoms with Crippen LogP contribution in [0.3, 0.4) is 0 Å². The summed E-state index contributed by atoms with van der Waals surface area (Å²) in [6.45, 7) is 3.36. The molecule has 0 aliphatic heterocycles. The summed E-state index contributed by atoms with van der Waals surface area (Å²) in [6.07, 6.45) is 0. The zero-order valence-electron chi connectivity index (χ0n) is 7.54. The molecule has 0 aliphatic carbocycles. The fraction of sp³-hybridized carbons (Fsp3) is 0.429. The monoisotopic (exact) mass is 231 g/mol. The van der Waals surface area contributed by atoms with Crippen molar-refractivity contribution in [2.24, 2.45) is 0 Å². The van der Waals surface area contributed by atoms with Crippen LogP contribution in [0.1, 0.15) is 13.8 Å². The van der Waals surface area contributed by atoms with Crippen LogP contribution in [0.15, 0.2) is 0 Å². The summed E-state index contributed by atoms with van der Waals surface area (Å²) in [5, 5.41) is 11.5. The minimum Gasteiger partial charge on any atom is -0.336 e. The lowest BCUT2D eigenvalue weighted by molar-refractivity contribution is 0.715. The number of aromatic nitrogens is 3. The number of rotatable bonds is 2. The molecule has 0 fully saturated rings. The van der Waals surface area contributed by atoms with Crippen LogP contribution in [0.5, 0.6) is 0 Å². The quantitative estimate of drug-likeness (QED) is 0.842. The third-order valence-corrected chi connectivity index (χ3v) is 1.62. The van der Waals surface area contributed by atoms with Crippen molar-refractivity contribution >= 4 is 29.2 Å². The number of nitrogens with zero attached hydrogens (tertiary/aromatic N) is 4. The second-order valence-electron chi connectivity index (χ2n) is 3.06. The van der Waals surface area contributed by atoms with Crippen LogP contribution in [0, 0.1) is 11.3 Å². The van der Waals surface area contributed by atoms with Gasteiger partial charge in [0.1, 0.15) is 5.54 Å². The van der Waals surface area contributed by atoms with Gasteiger partial charge < -0.3 is 5.32 Å². The zero-order valence-corrected chi connectivity index (χ0v) is 9.06. The molecule has 1 rings (SSSR count). The van der Waals surface area contributed by atoms with Crippen molar-refractivity contribution in [3.8, 4) is 6.07 Å².